The molecule has 0 aliphatic heterocycles. The number of hydrogen-bond donors (Lipinski definition) is 2. The normalized spacial score (nSPS) is 11.9. The minimum atomic E-state index is -0.554. The fourth-order valence-corrected chi connectivity index (χ4v) is 2.37. The van der Waals surface area contributed by atoms with Crippen LogP contribution in [0.1, 0.15) is 17.4 Å². The second-order valence-corrected chi connectivity index (χ2v) is 5.30. The maximum absolute atomic E-state index is 13.0. The lowest BCUT2D eigenvalue weighted by Gasteiger charge is -2.18. The summed E-state index contributed by atoms with van der Waals surface area (Å²) in [6.45, 7) is 0.420. The van der Waals surface area contributed by atoms with Gasteiger partial charge < -0.3 is 9.73 Å². The van der Waals surface area contributed by atoms with Gasteiger partial charge in [0.15, 0.2) is 0 Å². The van der Waals surface area contributed by atoms with Gasteiger partial charge in [-0.05, 0) is 42.0 Å². The van der Waals surface area contributed by atoms with Gasteiger partial charge in [0.1, 0.15) is 17.6 Å². The largest absolute Gasteiger partial charge is 0.468 e. The van der Waals surface area contributed by atoms with Crippen LogP contribution >= 0.6 is 0 Å². The summed E-state index contributed by atoms with van der Waals surface area (Å²) in [5, 5.41) is 5.99. The van der Waals surface area contributed by atoms with Crippen molar-refractivity contribution in [3.05, 3.63) is 90.1 Å². The predicted octanol–water partition coefficient (Wildman–Crippen LogP) is 3.89. The zero-order valence-corrected chi connectivity index (χ0v) is 12.9. The molecule has 4 nitrogen and oxygen atoms in total. The third-order valence-corrected chi connectivity index (χ3v) is 3.57. The zero-order chi connectivity index (χ0) is 16.8. The van der Waals surface area contributed by atoms with Crippen molar-refractivity contribution in [3.63, 3.8) is 0 Å². The lowest BCUT2D eigenvalue weighted by molar-refractivity contribution is -0.118. The molecule has 1 unspecified atom stereocenters. The number of carbonyl (C=O) groups is 1. The Morgan fingerprint density at radius 1 is 1.00 bits per heavy atom. The monoisotopic (exact) mass is 324 g/mol. The van der Waals surface area contributed by atoms with E-state index in [0.717, 1.165) is 11.3 Å². The van der Waals surface area contributed by atoms with E-state index in [1.165, 1.54) is 24.3 Å². The average molecular weight is 324 g/mol. The second-order valence-electron chi connectivity index (χ2n) is 5.30. The number of halogens is 1. The molecular formula is C19H17FN2O2. The van der Waals surface area contributed by atoms with Crippen molar-refractivity contribution in [2.24, 2.45) is 0 Å². The van der Waals surface area contributed by atoms with Crippen LogP contribution in [-0.2, 0) is 11.3 Å². The van der Waals surface area contributed by atoms with Gasteiger partial charge in [0, 0.05) is 5.69 Å². The minimum Gasteiger partial charge on any atom is -0.468 e. The second kappa shape index (κ2) is 7.57. The SMILES string of the molecule is O=C(Nc1ccc(F)cc1)C(NCc1ccco1)c1ccccc1. The molecule has 0 bridgehead atoms. The zero-order valence-electron chi connectivity index (χ0n) is 12.9. The molecular weight excluding hydrogens is 307 g/mol. The highest BCUT2D eigenvalue weighted by molar-refractivity contribution is 5.95. The Labute approximate surface area is 139 Å². The fraction of sp³-hybridized carbons (Fsp3) is 0.105. The quantitative estimate of drug-likeness (QED) is 0.723. The number of benzene rings is 2. The van der Waals surface area contributed by atoms with Crippen molar-refractivity contribution in [1.29, 1.82) is 0 Å². The summed E-state index contributed by atoms with van der Waals surface area (Å²) >= 11 is 0. The fourth-order valence-electron chi connectivity index (χ4n) is 2.37. The summed E-state index contributed by atoms with van der Waals surface area (Å²) in [7, 11) is 0. The number of carbonyl (C=O) groups excluding carboxylic acids is 1. The molecule has 0 fully saturated rings. The molecule has 3 rings (SSSR count). The van der Waals surface area contributed by atoms with E-state index in [0.29, 0.717) is 12.2 Å². The summed E-state index contributed by atoms with van der Waals surface area (Å²) in [5.74, 6) is 0.174. The van der Waals surface area contributed by atoms with Gasteiger partial charge in [-0.2, -0.15) is 0 Å². The smallest absolute Gasteiger partial charge is 0.246 e. The molecule has 1 atom stereocenters. The van der Waals surface area contributed by atoms with Crippen LogP contribution in [0.5, 0.6) is 0 Å². The van der Waals surface area contributed by atoms with E-state index in [4.69, 9.17) is 4.42 Å². The number of rotatable bonds is 6. The average Bonchev–Trinajstić information content (AvgIpc) is 3.12. The van der Waals surface area contributed by atoms with E-state index in [-0.39, 0.29) is 11.7 Å². The number of anilines is 1. The minimum absolute atomic E-state index is 0.223. The maximum atomic E-state index is 13.0. The van der Waals surface area contributed by atoms with Gasteiger partial charge in [-0.3, -0.25) is 10.1 Å². The number of amides is 1. The van der Waals surface area contributed by atoms with E-state index in [1.807, 2.05) is 36.4 Å². The molecule has 3 aromatic rings. The molecule has 0 saturated heterocycles. The summed E-state index contributed by atoms with van der Waals surface area (Å²) in [6.07, 6.45) is 1.59. The molecule has 1 heterocycles. The third kappa shape index (κ3) is 4.08. The Balaban J connectivity index is 1.75. The lowest BCUT2D eigenvalue weighted by atomic mass is 10.1. The van der Waals surface area contributed by atoms with Crippen molar-refractivity contribution in [3.8, 4) is 0 Å². The number of nitrogens with one attached hydrogen (secondary N) is 2. The maximum Gasteiger partial charge on any atom is 0.246 e. The molecule has 0 saturated carbocycles. The summed E-state index contributed by atoms with van der Waals surface area (Å²) < 4.78 is 18.3. The van der Waals surface area contributed by atoms with Crippen molar-refractivity contribution in [2.75, 3.05) is 5.32 Å². The standard InChI is InChI=1S/C19H17FN2O2/c20-15-8-10-16(11-9-15)22-19(23)18(14-5-2-1-3-6-14)21-13-17-7-4-12-24-17/h1-12,18,21H,13H2,(H,22,23). The van der Waals surface area contributed by atoms with Crippen LogP contribution in [0.15, 0.2) is 77.4 Å². The van der Waals surface area contributed by atoms with Crippen LogP contribution in [0.3, 0.4) is 0 Å². The van der Waals surface area contributed by atoms with Crippen molar-refractivity contribution in [2.45, 2.75) is 12.6 Å². The highest BCUT2D eigenvalue weighted by atomic mass is 19.1. The van der Waals surface area contributed by atoms with Crippen LogP contribution in [0, 0.1) is 5.82 Å². The molecule has 122 valence electrons. The first-order chi connectivity index (χ1) is 11.7. The van der Waals surface area contributed by atoms with E-state index in [1.54, 1.807) is 12.3 Å². The van der Waals surface area contributed by atoms with Gasteiger partial charge in [-0.1, -0.05) is 30.3 Å². The van der Waals surface area contributed by atoms with Crippen LogP contribution in [-0.4, -0.2) is 5.91 Å². The van der Waals surface area contributed by atoms with Gasteiger partial charge in [0.25, 0.3) is 0 Å². The summed E-state index contributed by atoms with van der Waals surface area (Å²) in [6, 6.07) is 18.2. The Hall–Kier alpha value is -2.92. The molecule has 0 spiro atoms. The molecule has 1 amide bonds. The van der Waals surface area contributed by atoms with Crippen LogP contribution in [0.25, 0.3) is 0 Å². The molecule has 2 aromatic carbocycles. The first-order valence-corrected chi connectivity index (χ1v) is 7.59. The topological polar surface area (TPSA) is 54.3 Å². The molecule has 0 aliphatic carbocycles. The predicted molar refractivity (Wildman–Crippen MR) is 89.8 cm³/mol. The number of hydrogen-bond acceptors (Lipinski definition) is 3. The van der Waals surface area contributed by atoms with Crippen LogP contribution < -0.4 is 10.6 Å². The lowest BCUT2D eigenvalue weighted by Crippen LogP contribution is -2.32. The Morgan fingerprint density at radius 2 is 1.75 bits per heavy atom. The molecule has 0 aliphatic rings. The highest BCUT2D eigenvalue weighted by Gasteiger charge is 2.20. The van der Waals surface area contributed by atoms with Crippen molar-refractivity contribution < 1.29 is 13.6 Å². The van der Waals surface area contributed by atoms with E-state index in [2.05, 4.69) is 10.6 Å². The Bertz CT molecular complexity index is 771. The summed E-state index contributed by atoms with van der Waals surface area (Å²) in [4.78, 5) is 12.7. The van der Waals surface area contributed by atoms with E-state index >= 15 is 0 Å². The third-order valence-electron chi connectivity index (χ3n) is 3.57. The van der Waals surface area contributed by atoms with Gasteiger partial charge in [0.2, 0.25) is 5.91 Å². The van der Waals surface area contributed by atoms with Gasteiger partial charge in [0.05, 0.1) is 12.8 Å². The molecule has 1 aromatic heterocycles. The van der Waals surface area contributed by atoms with E-state index in [9.17, 15) is 9.18 Å². The molecule has 5 heteroatoms. The molecule has 24 heavy (non-hydrogen) atoms. The Kier molecular flexibility index (Phi) is 5.03. The first-order valence-electron chi connectivity index (χ1n) is 7.59. The van der Waals surface area contributed by atoms with Crippen molar-refractivity contribution >= 4 is 11.6 Å². The first kappa shape index (κ1) is 16.0. The van der Waals surface area contributed by atoms with Crippen LogP contribution in [0.2, 0.25) is 0 Å². The molecule has 0 radical (unpaired) electrons. The summed E-state index contributed by atoms with van der Waals surface area (Å²) in [5.41, 5.74) is 1.38. The van der Waals surface area contributed by atoms with Crippen molar-refractivity contribution in [1.82, 2.24) is 5.32 Å². The van der Waals surface area contributed by atoms with Gasteiger partial charge in [-0.25, -0.2) is 4.39 Å². The van der Waals surface area contributed by atoms with E-state index < -0.39 is 6.04 Å². The van der Waals surface area contributed by atoms with Gasteiger partial charge in [-0.15, -0.1) is 0 Å². The number of furan rings is 1. The van der Waals surface area contributed by atoms with Gasteiger partial charge >= 0.3 is 0 Å². The Morgan fingerprint density at radius 3 is 2.42 bits per heavy atom. The highest BCUT2D eigenvalue weighted by Crippen LogP contribution is 2.17. The molecule has 2 N–H and O–H groups in total. The van der Waals surface area contributed by atoms with Crippen LogP contribution in [0.4, 0.5) is 10.1 Å².